The maximum Gasteiger partial charge on any atom is 0.222 e. The van der Waals surface area contributed by atoms with Crippen molar-refractivity contribution in [2.75, 3.05) is 20.2 Å². The van der Waals surface area contributed by atoms with Crippen LogP contribution in [0.15, 0.2) is 24.3 Å². The van der Waals surface area contributed by atoms with Crippen molar-refractivity contribution in [3.8, 4) is 5.75 Å². The molecule has 1 aromatic rings. The van der Waals surface area contributed by atoms with E-state index >= 15 is 0 Å². The number of hydrogen-bond acceptors (Lipinski definition) is 3. The molecule has 1 heterocycles. The van der Waals surface area contributed by atoms with E-state index in [1.54, 1.807) is 7.11 Å². The van der Waals surface area contributed by atoms with E-state index in [0.29, 0.717) is 6.42 Å². The maximum atomic E-state index is 12.1. The van der Waals surface area contributed by atoms with Crippen molar-refractivity contribution in [3.05, 3.63) is 29.8 Å². The molecule has 1 fully saturated rings. The van der Waals surface area contributed by atoms with Gasteiger partial charge in [-0.05, 0) is 49.8 Å². The van der Waals surface area contributed by atoms with Crippen molar-refractivity contribution >= 4 is 5.91 Å². The van der Waals surface area contributed by atoms with E-state index in [9.17, 15) is 4.79 Å². The molecule has 22 heavy (non-hydrogen) atoms. The minimum Gasteiger partial charge on any atom is -0.497 e. The van der Waals surface area contributed by atoms with Gasteiger partial charge in [0.15, 0.2) is 0 Å². The van der Waals surface area contributed by atoms with E-state index in [4.69, 9.17) is 10.5 Å². The monoisotopic (exact) mass is 304 g/mol. The SMILES string of the molecule is COc1ccc(CCCCCC(=O)N2CCCC(N)C2)cc1. The summed E-state index contributed by atoms with van der Waals surface area (Å²) in [6, 6.07) is 8.39. The van der Waals surface area contributed by atoms with Gasteiger partial charge in [-0.3, -0.25) is 4.79 Å². The van der Waals surface area contributed by atoms with Crippen LogP contribution >= 0.6 is 0 Å². The fourth-order valence-corrected chi connectivity index (χ4v) is 2.97. The number of piperidine rings is 1. The summed E-state index contributed by atoms with van der Waals surface area (Å²) in [5.74, 6) is 1.17. The zero-order valence-electron chi connectivity index (χ0n) is 13.6. The first-order valence-corrected chi connectivity index (χ1v) is 8.35. The zero-order chi connectivity index (χ0) is 15.8. The van der Waals surface area contributed by atoms with Crippen LogP contribution in [0.25, 0.3) is 0 Å². The summed E-state index contributed by atoms with van der Waals surface area (Å²) in [5.41, 5.74) is 7.25. The molecule has 1 aliphatic heterocycles. The number of ether oxygens (including phenoxy) is 1. The van der Waals surface area contributed by atoms with Crippen molar-refractivity contribution < 1.29 is 9.53 Å². The molecular weight excluding hydrogens is 276 g/mol. The molecule has 0 saturated carbocycles. The minimum atomic E-state index is 0.174. The minimum absolute atomic E-state index is 0.174. The molecule has 0 aromatic heterocycles. The lowest BCUT2D eigenvalue weighted by atomic mass is 10.0. The molecule has 1 unspecified atom stereocenters. The Hall–Kier alpha value is -1.55. The lowest BCUT2D eigenvalue weighted by Crippen LogP contribution is -2.45. The highest BCUT2D eigenvalue weighted by molar-refractivity contribution is 5.76. The van der Waals surface area contributed by atoms with Gasteiger partial charge in [-0.2, -0.15) is 0 Å². The third-order valence-electron chi connectivity index (χ3n) is 4.33. The van der Waals surface area contributed by atoms with Gasteiger partial charge in [-0.25, -0.2) is 0 Å². The average molecular weight is 304 g/mol. The second kappa shape index (κ2) is 8.79. The quantitative estimate of drug-likeness (QED) is 0.788. The Balaban J connectivity index is 1.59. The number of carbonyl (C=O) groups is 1. The molecular formula is C18H28N2O2. The summed E-state index contributed by atoms with van der Waals surface area (Å²) in [6.45, 7) is 1.63. The molecule has 1 aliphatic rings. The van der Waals surface area contributed by atoms with Crippen LogP contribution < -0.4 is 10.5 Å². The predicted octanol–water partition coefficient (Wildman–Crippen LogP) is 2.75. The van der Waals surface area contributed by atoms with Gasteiger partial charge in [-0.15, -0.1) is 0 Å². The van der Waals surface area contributed by atoms with E-state index < -0.39 is 0 Å². The van der Waals surface area contributed by atoms with Crippen LogP contribution in [-0.4, -0.2) is 37.0 Å². The molecule has 0 bridgehead atoms. The van der Waals surface area contributed by atoms with Crippen LogP contribution in [0.1, 0.15) is 44.1 Å². The lowest BCUT2D eigenvalue weighted by molar-refractivity contribution is -0.132. The summed E-state index contributed by atoms with van der Waals surface area (Å²) in [7, 11) is 1.68. The first-order chi connectivity index (χ1) is 10.7. The number of aryl methyl sites for hydroxylation is 1. The Kier molecular flexibility index (Phi) is 6.72. The summed E-state index contributed by atoms with van der Waals surface area (Å²) < 4.78 is 5.15. The number of rotatable bonds is 7. The Bertz CT molecular complexity index is 459. The Labute approximate surface area is 133 Å². The highest BCUT2D eigenvalue weighted by Crippen LogP contribution is 2.15. The smallest absolute Gasteiger partial charge is 0.222 e. The number of hydrogen-bond donors (Lipinski definition) is 1. The molecule has 122 valence electrons. The number of amides is 1. The average Bonchev–Trinajstić information content (AvgIpc) is 2.55. The van der Waals surface area contributed by atoms with E-state index in [2.05, 4.69) is 12.1 Å². The number of methoxy groups -OCH3 is 1. The van der Waals surface area contributed by atoms with Crippen LogP contribution in [0.4, 0.5) is 0 Å². The molecule has 2 rings (SSSR count). The number of benzene rings is 1. The molecule has 2 N–H and O–H groups in total. The van der Waals surface area contributed by atoms with Crippen LogP contribution in [0.3, 0.4) is 0 Å². The highest BCUT2D eigenvalue weighted by atomic mass is 16.5. The van der Waals surface area contributed by atoms with E-state index in [1.165, 1.54) is 5.56 Å². The predicted molar refractivity (Wildman–Crippen MR) is 89.0 cm³/mol. The van der Waals surface area contributed by atoms with Gasteiger partial charge in [0.1, 0.15) is 5.75 Å². The number of nitrogens with zero attached hydrogens (tertiary/aromatic N) is 1. The molecule has 1 amide bonds. The zero-order valence-corrected chi connectivity index (χ0v) is 13.6. The summed E-state index contributed by atoms with van der Waals surface area (Å²) in [6.07, 6.45) is 7.01. The number of likely N-dealkylation sites (tertiary alicyclic amines) is 1. The maximum absolute atomic E-state index is 12.1. The summed E-state index contributed by atoms with van der Waals surface area (Å²) in [5, 5.41) is 0. The molecule has 1 saturated heterocycles. The van der Waals surface area contributed by atoms with Crippen molar-refractivity contribution in [3.63, 3.8) is 0 Å². The topological polar surface area (TPSA) is 55.6 Å². The standard InChI is InChI=1S/C18H28N2O2/c1-22-17-11-9-15(10-12-17)6-3-2-4-8-18(21)20-13-5-7-16(19)14-20/h9-12,16H,2-8,13-14,19H2,1H3. The first kappa shape index (κ1) is 16.8. The van der Waals surface area contributed by atoms with Crippen molar-refractivity contribution in [1.29, 1.82) is 0 Å². The molecule has 0 radical (unpaired) electrons. The van der Waals surface area contributed by atoms with Crippen LogP contribution in [0, 0.1) is 0 Å². The molecule has 4 nitrogen and oxygen atoms in total. The lowest BCUT2D eigenvalue weighted by Gasteiger charge is -2.30. The second-order valence-corrected chi connectivity index (χ2v) is 6.15. The van der Waals surface area contributed by atoms with Crippen molar-refractivity contribution in [1.82, 2.24) is 4.90 Å². The molecule has 1 aromatic carbocycles. The molecule has 4 heteroatoms. The van der Waals surface area contributed by atoms with Gasteiger partial charge in [0, 0.05) is 25.6 Å². The van der Waals surface area contributed by atoms with Gasteiger partial charge in [-0.1, -0.05) is 18.6 Å². The van der Waals surface area contributed by atoms with Crippen molar-refractivity contribution in [2.24, 2.45) is 5.73 Å². The molecule has 0 aliphatic carbocycles. The van der Waals surface area contributed by atoms with E-state index in [1.807, 2.05) is 17.0 Å². The number of nitrogens with two attached hydrogens (primary N) is 1. The van der Waals surface area contributed by atoms with Crippen molar-refractivity contribution in [2.45, 2.75) is 51.0 Å². The Morgan fingerprint density at radius 1 is 1.27 bits per heavy atom. The van der Waals surface area contributed by atoms with Gasteiger partial charge in [0.25, 0.3) is 0 Å². The number of carbonyl (C=O) groups excluding carboxylic acids is 1. The molecule has 1 atom stereocenters. The highest BCUT2D eigenvalue weighted by Gasteiger charge is 2.20. The van der Waals surface area contributed by atoms with Gasteiger partial charge < -0.3 is 15.4 Å². The van der Waals surface area contributed by atoms with Crippen LogP contribution in [0.2, 0.25) is 0 Å². The summed E-state index contributed by atoms with van der Waals surface area (Å²) in [4.78, 5) is 14.0. The van der Waals surface area contributed by atoms with Crippen LogP contribution in [-0.2, 0) is 11.2 Å². The first-order valence-electron chi connectivity index (χ1n) is 8.35. The van der Waals surface area contributed by atoms with E-state index in [0.717, 1.165) is 57.4 Å². The van der Waals surface area contributed by atoms with Crippen LogP contribution in [0.5, 0.6) is 5.75 Å². The third kappa shape index (κ3) is 5.34. The van der Waals surface area contributed by atoms with Gasteiger partial charge >= 0.3 is 0 Å². The summed E-state index contributed by atoms with van der Waals surface area (Å²) >= 11 is 0. The van der Waals surface area contributed by atoms with Gasteiger partial charge in [0.05, 0.1) is 7.11 Å². The third-order valence-corrected chi connectivity index (χ3v) is 4.33. The Morgan fingerprint density at radius 2 is 2.05 bits per heavy atom. The van der Waals surface area contributed by atoms with E-state index in [-0.39, 0.29) is 11.9 Å². The van der Waals surface area contributed by atoms with Gasteiger partial charge in [0.2, 0.25) is 5.91 Å². The number of unbranched alkanes of at least 4 members (excludes halogenated alkanes) is 2. The fraction of sp³-hybridized carbons (Fsp3) is 0.611. The molecule has 0 spiro atoms. The fourth-order valence-electron chi connectivity index (χ4n) is 2.97. The second-order valence-electron chi connectivity index (χ2n) is 6.15. The Morgan fingerprint density at radius 3 is 2.73 bits per heavy atom. The normalized spacial score (nSPS) is 18.3. The largest absolute Gasteiger partial charge is 0.497 e.